The number of rotatable bonds is 3. The zero-order chi connectivity index (χ0) is 16.8. The van der Waals surface area contributed by atoms with Gasteiger partial charge in [-0.3, -0.25) is 4.79 Å². The van der Waals surface area contributed by atoms with Gasteiger partial charge in [-0.05, 0) is 38.1 Å². The number of aryl methyl sites for hydroxylation is 2. The van der Waals surface area contributed by atoms with Crippen LogP contribution in [0.25, 0.3) is 11.0 Å². The Morgan fingerprint density at radius 3 is 2.65 bits per heavy atom. The lowest BCUT2D eigenvalue weighted by molar-refractivity contribution is 0.0956. The van der Waals surface area contributed by atoms with Gasteiger partial charge in [-0.2, -0.15) is 0 Å². The van der Waals surface area contributed by atoms with Crippen molar-refractivity contribution in [1.82, 2.24) is 9.88 Å². The highest BCUT2D eigenvalue weighted by atomic mass is 32.2. The second-order valence-corrected chi connectivity index (χ2v) is 6.50. The number of fused-ring (bicyclic) bond motifs is 1. The summed E-state index contributed by atoms with van der Waals surface area (Å²) in [7, 11) is -4.16. The number of halogens is 1. The van der Waals surface area contributed by atoms with E-state index in [1.807, 2.05) is 4.72 Å². The number of nitrogens with zero attached hydrogens (tertiary/aromatic N) is 1. The Bertz CT molecular complexity index is 1000. The molecule has 0 aliphatic rings. The number of hydrogen-bond donors (Lipinski definition) is 1. The Morgan fingerprint density at radius 1 is 1.26 bits per heavy atom. The van der Waals surface area contributed by atoms with Crippen molar-refractivity contribution >= 4 is 26.9 Å². The van der Waals surface area contributed by atoms with Crippen LogP contribution in [0.15, 0.2) is 38.1 Å². The van der Waals surface area contributed by atoms with Crippen LogP contribution in [0.5, 0.6) is 0 Å². The van der Waals surface area contributed by atoms with Crippen LogP contribution in [0.2, 0.25) is 0 Å². The largest absolute Gasteiger partial charge is 0.451 e. The predicted molar refractivity (Wildman–Crippen MR) is 76.8 cm³/mol. The molecular weight excluding hydrogens is 327 g/mol. The lowest BCUT2D eigenvalue weighted by atomic mass is 10.2. The van der Waals surface area contributed by atoms with E-state index in [4.69, 9.17) is 8.94 Å². The minimum Gasteiger partial charge on any atom is -0.451 e. The first kappa shape index (κ1) is 15.2. The molecule has 120 valence electrons. The number of hydrogen-bond acceptors (Lipinski definition) is 6. The molecule has 0 saturated carbocycles. The van der Waals surface area contributed by atoms with Gasteiger partial charge in [0.2, 0.25) is 0 Å². The minimum absolute atomic E-state index is 0.0643. The highest BCUT2D eigenvalue weighted by Gasteiger charge is 2.27. The molecule has 9 heteroatoms. The minimum atomic E-state index is -4.16. The van der Waals surface area contributed by atoms with E-state index in [2.05, 4.69) is 5.16 Å². The topological polar surface area (TPSA) is 102 Å². The molecule has 0 unspecified atom stereocenters. The number of amides is 1. The van der Waals surface area contributed by atoms with Gasteiger partial charge in [0.15, 0.2) is 16.4 Å². The molecular formula is C14H11FN2O5S. The molecule has 0 radical (unpaired) electrons. The van der Waals surface area contributed by atoms with Crippen molar-refractivity contribution in [2.75, 3.05) is 0 Å². The van der Waals surface area contributed by atoms with Crippen molar-refractivity contribution in [1.29, 1.82) is 0 Å². The number of carbonyl (C=O) groups is 1. The monoisotopic (exact) mass is 338 g/mol. The van der Waals surface area contributed by atoms with Crippen LogP contribution >= 0.6 is 0 Å². The van der Waals surface area contributed by atoms with E-state index < -0.39 is 21.7 Å². The number of benzene rings is 1. The maximum absolute atomic E-state index is 13.1. The van der Waals surface area contributed by atoms with E-state index in [1.165, 1.54) is 38.1 Å². The van der Waals surface area contributed by atoms with Crippen molar-refractivity contribution in [2.24, 2.45) is 0 Å². The summed E-state index contributed by atoms with van der Waals surface area (Å²) >= 11 is 0. The fourth-order valence-corrected chi connectivity index (χ4v) is 3.50. The fourth-order valence-electron chi connectivity index (χ4n) is 2.21. The summed E-state index contributed by atoms with van der Waals surface area (Å²) in [6, 6.07) is 4.97. The number of nitrogens with one attached hydrogen (secondary N) is 1. The molecule has 3 aromatic rings. The number of sulfonamides is 1. The van der Waals surface area contributed by atoms with Gasteiger partial charge in [0.05, 0.1) is 0 Å². The highest BCUT2D eigenvalue weighted by molar-refractivity contribution is 7.90. The van der Waals surface area contributed by atoms with E-state index in [-0.39, 0.29) is 27.7 Å². The molecule has 1 aromatic carbocycles. The quantitative estimate of drug-likeness (QED) is 0.786. The lowest BCUT2D eigenvalue weighted by Crippen LogP contribution is -2.30. The molecule has 7 nitrogen and oxygen atoms in total. The lowest BCUT2D eigenvalue weighted by Gasteiger charge is -2.04. The van der Waals surface area contributed by atoms with Gasteiger partial charge < -0.3 is 8.94 Å². The zero-order valence-corrected chi connectivity index (χ0v) is 12.9. The third kappa shape index (κ3) is 2.70. The van der Waals surface area contributed by atoms with Crippen molar-refractivity contribution < 1.29 is 26.5 Å². The van der Waals surface area contributed by atoms with E-state index in [9.17, 15) is 17.6 Å². The van der Waals surface area contributed by atoms with Gasteiger partial charge in [-0.15, -0.1) is 0 Å². The first-order valence-corrected chi connectivity index (χ1v) is 7.95. The fraction of sp³-hybridized carbons (Fsp3) is 0.143. The average molecular weight is 338 g/mol. The van der Waals surface area contributed by atoms with Gasteiger partial charge in [0.25, 0.3) is 10.0 Å². The Morgan fingerprint density at radius 2 is 2.00 bits per heavy atom. The summed E-state index contributed by atoms with van der Waals surface area (Å²) in [5, 5.41) is 3.89. The normalized spacial score (nSPS) is 11.8. The predicted octanol–water partition coefficient (Wildman–Crippen LogP) is 2.30. The Kier molecular flexibility index (Phi) is 3.44. The molecule has 0 saturated heterocycles. The molecule has 0 bridgehead atoms. The Hall–Kier alpha value is -2.68. The van der Waals surface area contributed by atoms with Crippen LogP contribution in [0, 0.1) is 19.7 Å². The molecule has 0 aliphatic carbocycles. The van der Waals surface area contributed by atoms with E-state index in [1.54, 1.807) is 0 Å². The molecule has 3 rings (SSSR count). The van der Waals surface area contributed by atoms with Crippen LogP contribution in [0.3, 0.4) is 0 Å². The Labute approximate surface area is 130 Å². The van der Waals surface area contributed by atoms with Crippen molar-refractivity contribution in [3.63, 3.8) is 0 Å². The van der Waals surface area contributed by atoms with Gasteiger partial charge >= 0.3 is 5.91 Å². The van der Waals surface area contributed by atoms with Crippen LogP contribution in [0.1, 0.15) is 22.0 Å². The Balaban J connectivity index is 1.94. The number of carbonyl (C=O) groups excluding carboxylic acids is 1. The molecule has 0 fully saturated rings. The molecule has 1 amide bonds. The van der Waals surface area contributed by atoms with Crippen LogP contribution in [-0.4, -0.2) is 19.5 Å². The third-order valence-electron chi connectivity index (χ3n) is 3.17. The smallest absolute Gasteiger partial charge is 0.300 e. The van der Waals surface area contributed by atoms with E-state index in [0.717, 1.165) is 0 Å². The van der Waals surface area contributed by atoms with Crippen LogP contribution in [0.4, 0.5) is 4.39 Å². The first-order chi connectivity index (χ1) is 10.8. The summed E-state index contributed by atoms with van der Waals surface area (Å²) in [6.45, 7) is 2.86. The van der Waals surface area contributed by atoms with Gasteiger partial charge in [-0.25, -0.2) is 17.5 Å². The second-order valence-electron chi connectivity index (χ2n) is 4.88. The molecule has 1 N–H and O–H groups in total. The molecule has 2 aromatic heterocycles. The molecule has 2 heterocycles. The summed E-state index contributed by atoms with van der Waals surface area (Å²) in [6.07, 6.45) is 0. The number of aromatic nitrogens is 1. The third-order valence-corrected chi connectivity index (χ3v) is 4.74. The average Bonchev–Trinajstić information content (AvgIpc) is 3.01. The van der Waals surface area contributed by atoms with Crippen LogP contribution in [-0.2, 0) is 10.0 Å². The maximum Gasteiger partial charge on any atom is 0.300 e. The van der Waals surface area contributed by atoms with E-state index >= 15 is 0 Å². The summed E-state index contributed by atoms with van der Waals surface area (Å²) in [5.74, 6) is -1.65. The van der Waals surface area contributed by atoms with Gasteiger partial charge in [0, 0.05) is 5.39 Å². The standard InChI is InChI=1S/C14H11FN2O5S/c1-7-13(8(2)22-16-7)23(19,20)17-14(18)12-6-9-5-10(15)3-4-11(9)21-12/h3-6H,1-2H3,(H,17,18). The maximum atomic E-state index is 13.1. The summed E-state index contributed by atoms with van der Waals surface area (Å²) in [4.78, 5) is 11.9. The van der Waals surface area contributed by atoms with Crippen molar-refractivity contribution in [3.8, 4) is 0 Å². The molecule has 0 atom stereocenters. The summed E-state index contributed by atoms with van der Waals surface area (Å²) < 4.78 is 49.5. The second kappa shape index (κ2) is 5.20. The SMILES string of the molecule is Cc1noc(C)c1S(=O)(=O)NC(=O)c1cc2cc(F)ccc2o1. The molecule has 0 aliphatic heterocycles. The van der Waals surface area contributed by atoms with E-state index in [0.29, 0.717) is 5.39 Å². The molecule has 23 heavy (non-hydrogen) atoms. The van der Waals surface area contributed by atoms with Gasteiger partial charge in [-0.1, -0.05) is 5.16 Å². The van der Waals surface area contributed by atoms with Crippen molar-refractivity contribution in [2.45, 2.75) is 18.7 Å². The zero-order valence-electron chi connectivity index (χ0n) is 12.1. The number of furan rings is 1. The first-order valence-electron chi connectivity index (χ1n) is 6.47. The molecule has 0 spiro atoms. The highest BCUT2D eigenvalue weighted by Crippen LogP contribution is 2.22. The van der Waals surface area contributed by atoms with Crippen LogP contribution < -0.4 is 4.72 Å². The summed E-state index contributed by atoms with van der Waals surface area (Å²) in [5.41, 5.74) is 0.403. The van der Waals surface area contributed by atoms with Gasteiger partial charge in [0.1, 0.15) is 17.1 Å². The van der Waals surface area contributed by atoms with Crippen molar-refractivity contribution in [3.05, 3.63) is 47.3 Å².